The molecule has 2 heterocycles. The molecule has 2 N–H and O–H groups in total. The minimum Gasteiger partial charge on any atom is -0.322 e. The van der Waals surface area contributed by atoms with E-state index in [0.717, 1.165) is 49.5 Å². The van der Waals surface area contributed by atoms with Crippen molar-refractivity contribution in [3.05, 3.63) is 71.3 Å². The summed E-state index contributed by atoms with van der Waals surface area (Å²) in [5.41, 5.74) is 3.96. The number of para-hydroxylation sites is 1. The molecule has 2 aliphatic heterocycles. The lowest BCUT2D eigenvalue weighted by Gasteiger charge is -2.31. The predicted octanol–water partition coefficient (Wildman–Crippen LogP) is 0.432. The number of imide groups is 1. The highest BCUT2D eigenvalue weighted by Crippen LogP contribution is 2.29. The number of piperazine rings is 1. The molecule has 4 rings (SSSR count). The fraction of sp³-hybridized carbons (Fsp3) is 0.360. The third-order valence-electron chi connectivity index (χ3n) is 6.42. The molecule has 1 unspecified atom stereocenters. The number of carbonyl (C=O) groups is 2. The number of rotatable bonds is 5. The highest BCUT2D eigenvalue weighted by Gasteiger charge is 2.47. The molecule has 0 saturated carbocycles. The lowest BCUT2D eigenvalue weighted by Crippen LogP contribution is -3.30. The first-order chi connectivity index (χ1) is 14.5. The maximum Gasteiger partial charge on any atom is 0.292 e. The lowest BCUT2D eigenvalue weighted by molar-refractivity contribution is -1.02. The van der Waals surface area contributed by atoms with Crippen LogP contribution in [0.25, 0.3) is 6.08 Å². The first-order valence-corrected chi connectivity index (χ1v) is 10.9. The average Bonchev–Trinajstić information content (AvgIpc) is 3.04. The zero-order chi connectivity index (χ0) is 21.1. The smallest absolute Gasteiger partial charge is 0.292 e. The molecule has 0 aliphatic carbocycles. The van der Waals surface area contributed by atoms with E-state index in [-0.39, 0.29) is 17.9 Å². The van der Waals surface area contributed by atoms with E-state index in [4.69, 9.17) is 0 Å². The van der Waals surface area contributed by atoms with E-state index in [1.54, 1.807) is 0 Å². The molecule has 0 radical (unpaired) electrons. The van der Waals surface area contributed by atoms with Crippen LogP contribution in [0.4, 0.5) is 5.69 Å². The molecule has 5 nitrogen and oxygen atoms in total. The molecule has 5 heteroatoms. The van der Waals surface area contributed by atoms with E-state index in [1.165, 1.54) is 20.3 Å². The van der Waals surface area contributed by atoms with E-state index in [1.807, 2.05) is 38.1 Å². The molecule has 0 spiro atoms. The molecule has 2 saturated heterocycles. The second-order valence-corrected chi connectivity index (χ2v) is 8.49. The minimum absolute atomic E-state index is 0.0279. The highest BCUT2D eigenvalue weighted by molar-refractivity contribution is 6.22. The Hall–Kier alpha value is -2.76. The molecule has 2 aromatic carbocycles. The monoisotopic (exact) mass is 405 g/mol. The molecule has 0 bridgehead atoms. The van der Waals surface area contributed by atoms with Gasteiger partial charge in [0.1, 0.15) is 26.2 Å². The molecule has 1 atom stereocenters. The van der Waals surface area contributed by atoms with Gasteiger partial charge in [0.25, 0.3) is 5.91 Å². The molecule has 2 aliphatic rings. The van der Waals surface area contributed by atoms with Gasteiger partial charge < -0.3 is 9.80 Å². The van der Waals surface area contributed by atoms with Crippen LogP contribution < -0.4 is 14.7 Å². The van der Waals surface area contributed by atoms with Gasteiger partial charge in [0.15, 0.2) is 6.04 Å². The van der Waals surface area contributed by atoms with Crippen LogP contribution in [-0.4, -0.2) is 50.6 Å². The molecule has 2 amide bonds. The van der Waals surface area contributed by atoms with Crippen molar-refractivity contribution in [1.29, 1.82) is 0 Å². The first kappa shape index (κ1) is 20.5. The van der Waals surface area contributed by atoms with Crippen molar-refractivity contribution in [2.24, 2.45) is 0 Å². The van der Waals surface area contributed by atoms with E-state index >= 15 is 0 Å². The summed E-state index contributed by atoms with van der Waals surface area (Å²) in [5, 5.41) is 0. The second kappa shape index (κ2) is 8.94. The van der Waals surface area contributed by atoms with Gasteiger partial charge in [-0.3, -0.25) is 9.59 Å². The Morgan fingerprint density at radius 1 is 0.933 bits per heavy atom. The summed E-state index contributed by atoms with van der Waals surface area (Å²) in [4.78, 5) is 30.2. The molecule has 0 aromatic heterocycles. The third-order valence-corrected chi connectivity index (χ3v) is 6.42. The fourth-order valence-electron chi connectivity index (χ4n) is 4.75. The van der Waals surface area contributed by atoms with Crippen molar-refractivity contribution in [2.75, 3.05) is 37.6 Å². The number of amides is 2. The number of quaternary nitrogens is 2. The van der Waals surface area contributed by atoms with Crippen LogP contribution >= 0.6 is 0 Å². The first-order valence-electron chi connectivity index (χ1n) is 10.9. The minimum atomic E-state index is -0.238. The van der Waals surface area contributed by atoms with Crippen LogP contribution in [0.2, 0.25) is 0 Å². The quantitative estimate of drug-likeness (QED) is 0.709. The Bertz CT molecular complexity index is 926. The highest BCUT2D eigenvalue weighted by atomic mass is 16.2. The molecule has 2 aromatic rings. The van der Waals surface area contributed by atoms with Crippen molar-refractivity contribution in [1.82, 2.24) is 0 Å². The normalized spacial score (nSPS) is 24.7. The molecule has 30 heavy (non-hydrogen) atoms. The summed E-state index contributed by atoms with van der Waals surface area (Å²) < 4.78 is 0. The standard InChI is InChI=1S/C25H29N3O2/c1-19-8-6-9-20(2)24(19)28-23(29)18-22(25(28)30)27-16-14-26(15-17-27)13-7-12-21-10-4-3-5-11-21/h3-12,22H,13-18H2,1-2H3/p+2. The van der Waals surface area contributed by atoms with Gasteiger partial charge >= 0.3 is 0 Å². The summed E-state index contributed by atoms with van der Waals surface area (Å²) in [7, 11) is 0. The van der Waals surface area contributed by atoms with Gasteiger partial charge in [-0.2, -0.15) is 0 Å². The molecule has 156 valence electrons. The second-order valence-electron chi connectivity index (χ2n) is 8.49. The third kappa shape index (κ3) is 4.23. The molecule has 2 fully saturated rings. The number of aryl methyl sites for hydroxylation is 2. The maximum absolute atomic E-state index is 13.2. The molecular weight excluding hydrogens is 374 g/mol. The van der Waals surface area contributed by atoms with E-state index in [2.05, 4.69) is 36.4 Å². The zero-order valence-corrected chi connectivity index (χ0v) is 17.9. The van der Waals surface area contributed by atoms with E-state index in [9.17, 15) is 9.59 Å². The van der Waals surface area contributed by atoms with Gasteiger partial charge in [-0.05, 0) is 36.6 Å². The van der Waals surface area contributed by atoms with Crippen LogP contribution in [0.5, 0.6) is 0 Å². The Balaban J connectivity index is 1.35. The average molecular weight is 406 g/mol. The summed E-state index contributed by atoms with van der Waals surface area (Å²) in [6, 6.07) is 16.0. The summed E-state index contributed by atoms with van der Waals surface area (Å²) in [6.45, 7) is 8.83. The Morgan fingerprint density at radius 3 is 2.27 bits per heavy atom. The SMILES string of the molecule is Cc1cccc(C)c1N1C(=O)CC([NH+]2CC[NH+](CC=Cc3ccccc3)CC2)C1=O. The Labute approximate surface area is 178 Å². The summed E-state index contributed by atoms with van der Waals surface area (Å²) >= 11 is 0. The number of nitrogens with one attached hydrogen (secondary N) is 2. The van der Waals surface area contributed by atoms with Crippen LogP contribution in [0, 0.1) is 13.8 Å². The van der Waals surface area contributed by atoms with Gasteiger partial charge in [-0.25, -0.2) is 4.90 Å². The number of hydrogen-bond acceptors (Lipinski definition) is 2. The fourth-order valence-corrected chi connectivity index (χ4v) is 4.75. The number of benzene rings is 2. The van der Waals surface area contributed by atoms with Gasteiger partial charge in [-0.15, -0.1) is 0 Å². The lowest BCUT2D eigenvalue weighted by atomic mass is 10.1. The van der Waals surface area contributed by atoms with Crippen molar-refractivity contribution in [3.8, 4) is 0 Å². The number of carbonyl (C=O) groups excluding carboxylic acids is 2. The van der Waals surface area contributed by atoms with Gasteiger partial charge in [0.2, 0.25) is 5.91 Å². The van der Waals surface area contributed by atoms with Crippen LogP contribution in [0.3, 0.4) is 0 Å². The van der Waals surface area contributed by atoms with Gasteiger partial charge in [0, 0.05) is 0 Å². The largest absolute Gasteiger partial charge is 0.322 e. The van der Waals surface area contributed by atoms with Crippen LogP contribution in [0.15, 0.2) is 54.6 Å². The van der Waals surface area contributed by atoms with Crippen molar-refractivity contribution in [3.63, 3.8) is 0 Å². The van der Waals surface area contributed by atoms with E-state index in [0.29, 0.717) is 6.42 Å². The predicted molar refractivity (Wildman–Crippen MR) is 119 cm³/mol. The summed E-state index contributed by atoms with van der Waals surface area (Å²) in [6.07, 6.45) is 4.74. The Kier molecular flexibility index (Phi) is 6.11. The van der Waals surface area contributed by atoms with Gasteiger partial charge in [-0.1, -0.05) is 54.6 Å². The van der Waals surface area contributed by atoms with Crippen molar-refractivity contribution >= 4 is 23.6 Å². The molecular formula is C25H31N3O2+2. The summed E-state index contributed by atoms with van der Waals surface area (Å²) in [5.74, 6) is -0.0877. The number of anilines is 1. The topological polar surface area (TPSA) is 46.3 Å². The maximum atomic E-state index is 13.2. The van der Waals surface area contributed by atoms with Crippen molar-refractivity contribution < 1.29 is 19.4 Å². The zero-order valence-electron chi connectivity index (χ0n) is 17.9. The van der Waals surface area contributed by atoms with E-state index < -0.39 is 0 Å². The Morgan fingerprint density at radius 2 is 1.60 bits per heavy atom. The van der Waals surface area contributed by atoms with Gasteiger partial charge in [0.05, 0.1) is 18.7 Å². The number of hydrogen-bond donors (Lipinski definition) is 2. The van der Waals surface area contributed by atoms with Crippen LogP contribution in [-0.2, 0) is 9.59 Å². The number of nitrogens with zero attached hydrogens (tertiary/aromatic N) is 1. The van der Waals surface area contributed by atoms with Crippen LogP contribution in [0.1, 0.15) is 23.1 Å². The van der Waals surface area contributed by atoms with Crippen molar-refractivity contribution in [2.45, 2.75) is 26.3 Å².